The Labute approximate surface area is 109 Å². The Bertz CT molecular complexity index is 275. The molecule has 0 aromatic carbocycles. The Kier molecular flexibility index (Phi) is 8.05. The first-order chi connectivity index (χ1) is 8.36. The summed E-state index contributed by atoms with van der Waals surface area (Å²) in [4.78, 5) is 6.71. The highest BCUT2D eigenvalue weighted by Crippen LogP contribution is 2.12. The molecule has 0 saturated carbocycles. The fourth-order valence-electron chi connectivity index (χ4n) is 1.56. The molecule has 17 heavy (non-hydrogen) atoms. The lowest BCUT2D eigenvalue weighted by Gasteiger charge is -2.17. The van der Waals surface area contributed by atoms with E-state index in [-0.39, 0.29) is 0 Å². The molecular weight excluding hydrogens is 230 g/mol. The van der Waals surface area contributed by atoms with Gasteiger partial charge >= 0.3 is 0 Å². The van der Waals surface area contributed by atoms with E-state index in [0.717, 1.165) is 43.5 Å². The van der Waals surface area contributed by atoms with Crippen LogP contribution in [0.1, 0.15) is 13.8 Å². The standard InChI is InChI=1S/C13H23N3S/c1-3-16(4-2)11-9-14-10-12-17-13-7-5-6-8-15-13/h5-8,14H,3-4,9-12H2,1-2H3. The third kappa shape index (κ3) is 6.66. The van der Waals surface area contributed by atoms with Gasteiger partial charge in [-0.1, -0.05) is 19.9 Å². The third-order valence-electron chi connectivity index (χ3n) is 2.67. The van der Waals surface area contributed by atoms with Gasteiger partial charge in [-0.05, 0) is 25.2 Å². The van der Waals surface area contributed by atoms with Crippen molar-refractivity contribution in [3.05, 3.63) is 24.4 Å². The fourth-order valence-corrected chi connectivity index (χ4v) is 2.33. The van der Waals surface area contributed by atoms with Crippen molar-refractivity contribution >= 4 is 11.8 Å². The topological polar surface area (TPSA) is 28.2 Å². The Balaban J connectivity index is 1.98. The lowest BCUT2D eigenvalue weighted by molar-refractivity contribution is 0.303. The second kappa shape index (κ2) is 9.45. The second-order valence-electron chi connectivity index (χ2n) is 3.79. The molecule has 96 valence electrons. The molecule has 0 fully saturated rings. The van der Waals surface area contributed by atoms with Crippen LogP contribution in [0.5, 0.6) is 0 Å². The van der Waals surface area contributed by atoms with Crippen molar-refractivity contribution in [3.63, 3.8) is 0 Å². The molecule has 0 saturated heterocycles. The van der Waals surface area contributed by atoms with E-state index in [9.17, 15) is 0 Å². The summed E-state index contributed by atoms with van der Waals surface area (Å²) in [6, 6.07) is 6.04. The Hall–Kier alpha value is -0.580. The molecule has 0 unspecified atom stereocenters. The predicted molar refractivity (Wildman–Crippen MR) is 75.6 cm³/mol. The van der Waals surface area contributed by atoms with Gasteiger partial charge in [0.2, 0.25) is 0 Å². The van der Waals surface area contributed by atoms with Crippen molar-refractivity contribution in [2.75, 3.05) is 38.5 Å². The monoisotopic (exact) mass is 253 g/mol. The quantitative estimate of drug-likeness (QED) is 0.539. The summed E-state index contributed by atoms with van der Waals surface area (Å²) in [6.07, 6.45) is 1.84. The maximum absolute atomic E-state index is 4.28. The summed E-state index contributed by atoms with van der Waals surface area (Å²) >= 11 is 1.80. The lowest BCUT2D eigenvalue weighted by atomic mass is 10.4. The van der Waals surface area contributed by atoms with Gasteiger partial charge in [0.05, 0.1) is 5.03 Å². The first-order valence-corrected chi connectivity index (χ1v) is 7.32. The number of nitrogens with zero attached hydrogens (tertiary/aromatic N) is 2. The molecule has 4 heteroatoms. The van der Waals surface area contributed by atoms with Crippen LogP contribution in [0.4, 0.5) is 0 Å². The van der Waals surface area contributed by atoms with Crippen molar-refractivity contribution in [1.82, 2.24) is 15.2 Å². The van der Waals surface area contributed by atoms with Crippen LogP contribution in [-0.4, -0.2) is 48.4 Å². The fraction of sp³-hybridized carbons (Fsp3) is 0.615. The molecule has 1 aromatic rings. The maximum Gasteiger partial charge on any atom is 0.0960 e. The van der Waals surface area contributed by atoms with E-state index < -0.39 is 0 Å². The minimum Gasteiger partial charge on any atom is -0.315 e. The Morgan fingerprint density at radius 3 is 2.71 bits per heavy atom. The van der Waals surface area contributed by atoms with E-state index in [1.165, 1.54) is 0 Å². The number of pyridine rings is 1. The molecule has 0 bridgehead atoms. The summed E-state index contributed by atoms with van der Waals surface area (Å²) in [5.41, 5.74) is 0. The largest absolute Gasteiger partial charge is 0.315 e. The molecule has 1 rings (SSSR count). The Morgan fingerprint density at radius 1 is 1.24 bits per heavy atom. The van der Waals surface area contributed by atoms with E-state index in [1.807, 2.05) is 18.3 Å². The molecule has 0 radical (unpaired) electrons. The van der Waals surface area contributed by atoms with Gasteiger partial charge < -0.3 is 10.2 Å². The minimum absolute atomic E-state index is 1.04. The van der Waals surface area contributed by atoms with Gasteiger partial charge in [0.1, 0.15) is 0 Å². The Morgan fingerprint density at radius 2 is 2.06 bits per heavy atom. The highest BCUT2D eigenvalue weighted by Gasteiger charge is 1.97. The van der Waals surface area contributed by atoms with Gasteiger partial charge in [0.25, 0.3) is 0 Å². The van der Waals surface area contributed by atoms with E-state index >= 15 is 0 Å². The van der Waals surface area contributed by atoms with Crippen LogP contribution in [0.15, 0.2) is 29.4 Å². The number of hydrogen-bond acceptors (Lipinski definition) is 4. The van der Waals surface area contributed by atoms with Gasteiger partial charge in [-0.15, -0.1) is 11.8 Å². The minimum atomic E-state index is 1.04. The van der Waals surface area contributed by atoms with Gasteiger partial charge in [-0.3, -0.25) is 0 Å². The number of rotatable bonds is 9. The summed E-state index contributed by atoms with van der Waals surface area (Å²) in [5, 5.41) is 4.57. The lowest BCUT2D eigenvalue weighted by Crippen LogP contribution is -2.32. The number of aromatic nitrogens is 1. The zero-order valence-electron chi connectivity index (χ0n) is 10.9. The van der Waals surface area contributed by atoms with Crippen LogP contribution in [-0.2, 0) is 0 Å². The zero-order chi connectivity index (χ0) is 12.3. The van der Waals surface area contributed by atoms with Crippen LogP contribution in [0.2, 0.25) is 0 Å². The van der Waals surface area contributed by atoms with Crippen LogP contribution >= 0.6 is 11.8 Å². The summed E-state index contributed by atoms with van der Waals surface area (Å²) in [5.74, 6) is 1.08. The molecule has 0 spiro atoms. The molecule has 0 aliphatic carbocycles. The molecule has 0 aliphatic rings. The summed E-state index contributed by atoms with van der Waals surface area (Å²) in [6.45, 7) is 9.96. The molecule has 1 aromatic heterocycles. The smallest absolute Gasteiger partial charge is 0.0960 e. The molecule has 0 atom stereocenters. The van der Waals surface area contributed by atoms with Crippen LogP contribution in [0.3, 0.4) is 0 Å². The van der Waals surface area contributed by atoms with Gasteiger partial charge in [-0.25, -0.2) is 4.98 Å². The van der Waals surface area contributed by atoms with E-state index in [0.29, 0.717) is 0 Å². The zero-order valence-corrected chi connectivity index (χ0v) is 11.7. The number of hydrogen-bond donors (Lipinski definition) is 1. The average Bonchev–Trinajstić information content (AvgIpc) is 2.39. The first-order valence-electron chi connectivity index (χ1n) is 6.33. The molecule has 0 amide bonds. The van der Waals surface area contributed by atoms with Crippen molar-refractivity contribution in [2.45, 2.75) is 18.9 Å². The first kappa shape index (κ1) is 14.5. The number of nitrogens with one attached hydrogen (secondary N) is 1. The van der Waals surface area contributed by atoms with Crippen molar-refractivity contribution < 1.29 is 0 Å². The number of thioether (sulfide) groups is 1. The molecular formula is C13H23N3S. The van der Waals surface area contributed by atoms with Crippen molar-refractivity contribution in [1.29, 1.82) is 0 Å². The van der Waals surface area contributed by atoms with E-state index in [2.05, 4.69) is 35.1 Å². The van der Waals surface area contributed by atoms with Crippen molar-refractivity contribution in [3.8, 4) is 0 Å². The predicted octanol–water partition coefficient (Wildman–Crippen LogP) is 2.11. The van der Waals surface area contributed by atoms with E-state index in [4.69, 9.17) is 0 Å². The summed E-state index contributed by atoms with van der Waals surface area (Å²) < 4.78 is 0. The highest BCUT2D eigenvalue weighted by atomic mass is 32.2. The summed E-state index contributed by atoms with van der Waals surface area (Å²) in [7, 11) is 0. The molecule has 1 N–H and O–H groups in total. The molecule has 0 aliphatic heterocycles. The highest BCUT2D eigenvalue weighted by molar-refractivity contribution is 7.99. The van der Waals surface area contributed by atoms with Crippen molar-refractivity contribution in [2.24, 2.45) is 0 Å². The SMILES string of the molecule is CCN(CC)CCNCCSc1ccccn1. The van der Waals surface area contributed by atoms with Crippen LogP contribution in [0.25, 0.3) is 0 Å². The number of likely N-dealkylation sites (N-methyl/N-ethyl adjacent to an activating group) is 1. The van der Waals surface area contributed by atoms with E-state index in [1.54, 1.807) is 11.8 Å². The molecule has 1 heterocycles. The van der Waals surface area contributed by atoms with Crippen LogP contribution < -0.4 is 5.32 Å². The molecule has 3 nitrogen and oxygen atoms in total. The van der Waals surface area contributed by atoms with Gasteiger partial charge in [-0.2, -0.15) is 0 Å². The maximum atomic E-state index is 4.28. The van der Waals surface area contributed by atoms with Gasteiger partial charge in [0, 0.05) is 31.6 Å². The third-order valence-corrected chi connectivity index (χ3v) is 3.61. The van der Waals surface area contributed by atoms with Gasteiger partial charge in [0.15, 0.2) is 0 Å². The second-order valence-corrected chi connectivity index (χ2v) is 4.91. The average molecular weight is 253 g/mol. The normalized spacial score (nSPS) is 11.0. The van der Waals surface area contributed by atoms with Crippen LogP contribution in [0, 0.1) is 0 Å².